The van der Waals surface area contributed by atoms with Crippen molar-refractivity contribution < 1.29 is 8.81 Å². The minimum absolute atomic E-state index is 0.0457. The molecule has 0 aliphatic carbocycles. The van der Waals surface area contributed by atoms with E-state index in [1.54, 1.807) is 12.1 Å². The predicted octanol–water partition coefficient (Wildman–Crippen LogP) is 4.34. The predicted molar refractivity (Wildman–Crippen MR) is 73.3 cm³/mol. The summed E-state index contributed by atoms with van der Waals surface area (Å²) in [5, 5.41) is 3.48. The van der Waals surface area contributed by atoms with Crippen LogP contribution in [0.25, 0.3) is 0 Å². The Balaban J connectivity index is 2.22. The van der Waals surface area contributed by atoms with Gasteiger partial charge in [-0.15, -0.1) is 0 Å². The first-order chi connectivity index (χ1) is 8.60. The zero-order chi connectivity index (χ0) is 13.1. The summed E-state index contributed by atoms with van der Waals surface area (Å²) in [7, 11) is 1.83. The van der Waals surface area contributed by atoms with Gasteiger partial charge in [0.25, 0.3) is 0 Å². The second-order valence-electron chi connectivity index (χ2n) is 3.92. The molecule has 0 aliphatic rings. The van der Waals surface area contributed by atoms with Crippen LogP contribution in [0.1, 0.15) is 17.4 Å². The van der Waals surface area contributed by atoms with E-state index in [1.165, 1.54) is 12.1 Å². The van der Waals surface area contributed by atoms with E-state index in [0.717, 1.165) is 15.8 Å². The SMILES string of the molecule is CNC(Cc1cc(F)ccc1Br)c1ccc(Cl)o1. The van der Waals surface area contributed by atoms with Crippen LogP contribution in [0.4, 0.5) is 4.39 Å². The first kappa shape index (κ1) is 13.6. The Hall–Kier alpha value is -0.840. The molecule has 1 aromatic carbocycles. The normalized spacial score (nSPS) is 12.7. The fourth-order valence-electron chi connectivity index (χ4n) is 1.78. The van der Waals surface area contributed by atoms with E-state index in [1.807, 2.05) is 13.1 Å². The molecule has 0 aliphatic heterocycles. The third kappa shape index (κ3) is 3.13. The molecule has 2 rings (SSSR count). The summed E-state index contributed by atoms with van der Waals surface area (Å²) in [4.78, 5) is 0. The number of hydrogen-bond acceptors (Lipinski definition) is 2. The second kappa shape index (κ2) is 5.87. The maximum Gasteiger partial charge on any atom is 0.193 e. The van der Waals surface area contributed by atoms with Crippen LogP contribution in [0.3, 0.4) is 0 Å². The van der Waals surface area contributed by atoms with Crippen molar-refractivity contribution in [1.82, 2.24) is 5.32 Å². The highest BCUT2D eigenvalue weighted by Crippen LogP contribution is 2.26. The molecule has 0 saturated carbocycles. The molecule has 0 amide bonds. The number of rotatable bonds is 4. The smallest absolute Gasteiger partial charge is 0.193 e. The highest BCUT2D eigenvalue weighted by atomic mass is 79.9. The van der Waals surface area contributed by atoms with Crippen LogP contribution in [0, 0.1) is 5.82 Å². The molecule has 2 nitrogen and oxygen atoms in total. The fraction of sp³-hybridized carbons (Fsp3) is 0.231. The average Bonchev–Trinajstić information content (AvgIpc) is 2.77. The lowest BCUT2D eigenvalue weighted by Gasteiger charge is -2.14. The highest BCUT2D eigenvalue weighted by Gasteiger charge is 2.16. The minimum Gasteiger partial charge on any atom is -0.448 e. The Kier molecular flexibility index (Phi) is 4.43. The summed E-state index contributed by atoms with van der Waals surface area (Å²) in [6.45, 7) is 0. The summed E-state index contributed by atoms with van der Waals surface area (Å²) < 4.78 is 19.5. The fourth-order valence-corrected chi connectivity index (χ4v) is 2.34. The topological polar surface area (TPSA) is 25.2 Å². The van der Waals surface area contributed by atoms with Gasteiger partial charge in [0.1, 0.15) is 11.6 Å². The van der Waals surface area contributed by atoms with Gasteiger partial charge in [-0.2, -0.15) is 0 Å². The minimum atomic E-state index is -0.250. The van der Waals surface area contributed by atoms with E-state index in [0.29, 0.717) is 11.6 Å². The largest absolute Gasteiger partial charge is 0.448 e. The molecule has 96 valence electrons. The van der Waals surface area contributed by atoms with E-state index in [-0.39, 0.29) is 11.9 Å². The number of likely N-dealkylation sites (N-methyl/N-ethyl adjacent to an activating group) is 1. The van der Waals surface area contributed by atoms with Gasteiger partial charge in [-0.3, -0.25) is 0 Å². The molecule has 1 N–H and O–H groups in total. The Morgan fingerprint density at radius 1 is 1.39 bits per heavy atom. The van der Waals surface area contributed by atoms with Crippen molar-refractivity contribution in [2.24, 2.45) is 0 Å². The van der Waals surface area contributed by atoms with Gasteiger partial charge < -0.3 is 9.73 Å². The second-order valence-corrected chi connectivity index (χ2v) is 5.15. The first-order valence-electron chi connectivity index (χ1n) is 5.46. The maximum atomic E-state index is 13.2. The summed E-state index contributed by atoms with van der Waals surface area (Å²) in [6, 6.07) is 8.10. The van der Waals surface area contributed by atoms with Gasteiger partial charge >= 0.3 is 0 Å². The molecule has 0 saturated heterocycles. The molecule has 0 bridgehead atoms. The lowest BCUT2D eigenvalue weighted by molar-refractivity contribution is 0.430. The zero-order valence-electron chi connectivity index (χ0n) is 9.71. The third-order valence-corrected chi connectivity index (χ3v) is 3.69. The van der Waals surface area contributed by atoms with Gasteiger partial charge in [-0.25, -0.2) is 4.39 Å². The number of hydrogen-bond donors (Lipinski definition) is 1. The van der Waals surface area contributed by atoms with Crippen LogP contribution < -0.4 is 5.32 Å². The molecule has 5 heteroatoms. The van der Waals surface area contributed by atoms with E-state index >= 15 is 0 Å². The number of nitrogens with one attached hydrogen (secondary N) is 1. The van der Waals surface area contributed by atoms with Crippen LogP contribution in [-0.2, 0) is 6.42 Å². The molecule has 0 spiro atoms. The lowest BCUT2D eigenvalue weighted by atomic mass is 10.0. The molecule has 1 atom stereocenters. The van der Waals surface area contributed by atoms with E-state index in [9.17, 15) is 4.39 Å². The van der Waals surface area contributed by atoms with Gasteiger partial charge in [-0.05, 0) is 61.0 Å². The average molecular weight is 333 g/mol. The van der Waals surface area contributed by atoms with Crippen LogP contribution in [0.5, 0.6) is 0 Å². The summed E-state index contributed by atoms with van der Waals surface area (Å²) in [6.07, 6.45) is 0.610. The molecule has 18 heavy (non-hydrogen) atoms. The summed E-state index contributed by atoms with van der Waals surface area (Å²) in [5.41, 5.74) is 0.877. The molecule has 2 aromatic rings. The molecule has 1 aromatic heterocycles. The Labute approximate surface area is 118 Å². The van der Waals surface area contributed by atoms with Gasteiger partial charge in [-0.1, -0.05) is 15.9 Å². The maximum absolute atomic E-state index is 13.2. The summed E-state index contributed by atoms with van der Waals surface area (Å²) in [5.74, 6) is 0.485. The zero-order valence-corrected chi connectivity index (χ0v) is 12.1. The lowest BCUT2D eigenvalue weighted by Crippen LogP contribution is -2.18. The summed E-state index contributed by atoms with van der Waals surface area (Å²) >= 11 is 9.17. The van der Waals surface area contributed by atoms with Crippen molar-refractivity contribution in [3.8, 4) is 0 Å². The van der Waals surface area contributed by atoms with Crippen molar-refractivity contribution in [1.29, 1.82) is 0 Å². The van der Waals surface area contributed by atoms with Crippen LogP contribution >= 0.6 is 27.5 Å². The molecule has 0 fully saturated rings. The highest BCUT2D eigenvalue weighted by molar-refractivity contribution is 9.10. The van der Waals surface area contributed by atoms with Gasteiger partial charge in [0.2, 0.25) is 0 Å². The Morgan fingerprint density at radius 3 is 2.78 bits per heavy atom. The van der Waals surface area contributed by atoms with Crippen molar-refractivity contribution in [3.05, 3.63) is 57.2 Å². The Bertz CT molecular complexity index is 544. The number of furan rings is 1. The quantitative estimate of drug-likeness (QED) is 0.901. The molecular weight excluding hydrogens is 321 g/mol. The van der Waals surface area contributed by atoms with E-state index < -0.39 is 0 Å². The van der Waals surface area contributed by atoms with Gasteiger partial charge in [0.05, 0.1) is 6.04 Å². The molecular formula is C13H12BrClFNO. The third-order valence-electron chi connectivity index (χ3n) is 2.72. The standard InChI is InChI=1S/C13H12BrClFNO/c1-17-11(12-4-5-13(15)18-12)7-8-6-9(16)2-3-10(8)14/h2-6,11,17H,7H2,1H3. The number of benzene rings is 1. The van der Waals surface area contributed by atoms with Gasteiger partial charge in [0.15, 0.2) is 5.22 Å². The van der Waals surface area contributed by atoms with Crippen molar-refractivity contribution in [2.45, 2.75) is 12.5 Å². The number of halogens is 3. The van der Waals surface area contributed by atoms with Crippen molar-refractivity contribution in [2.75, 3.05) is 7.05 Å². The van der Waals surface area contributed by atoms with Crippen molar-refractivity contribution >= 4 is 27.5 Å². The van der Waals surface area contributed by atoms with Crippen LogP contribution in [-0.4, -0.2) is 7.05 Å². The monoisotopic (exact) mass is 331 g/mol. The first-order valence-corrected chi connectivity index (χ1v) is 6.63. The molecule has 0 radical (unpaired) electrons. The van der Waals surface area contributed by atoms with E-state index in [4.69, 9.17) is 16.0 Å². The molecule has 1 heterocycles. The van der Waals surface area contributed by atoms with Crippen LogP contribution in [0.2, 0.25) is 5.22 Å². The Morgan fingerprint density at radius 2 is 2.17 bits per heavy atom. The van der Waals surface area contributed by atoms with Gasteiger partial charge in [0, 0.05) is 4.47 Å². The van der Waals surface area contributed by atoms with E-state index in [2.05, 4.69) is 21.2 Å². The molecule has 1 unspecified atom stereocenters. The van der Waals surface area contributed by atoms with Crippen LogP contribution in [0.15, 0.2) is 39.2 Å². The van der Waals surface area contributed by atoms with Crippen molar-refractivity contribution in [3.63, 3.8) is 0 Å².